The Balaban J connectivity index is 1.42. The summed E-state index contributed by atoms with van der Waals surface area (Å²) < 4.78 is 29.8. The summed E-state index contributed by atoms with van der Waals surface area (Å²) in [6.07, 6.45) is 0.519. The molecule has 2 atom stereocenters. The number of carbonyl (C=O) groups is 1. The van der Waals surface area contributed by atoms with Crippen LogP contribution < -0.4 is 14.5 Å². The summed E-state index contributed by atoms with van der Waals surface area (Å²) in [5.74, 6) is -0.130. The van der Waals surface area contributed by atoms with E-state index < -0.39 is 24.1 Å². The van der Waals surface area contributed by atoms with Gasteiger partial charge in [-0.15, -0.1) is 0 Å². The van der Waals surface area contributed by atoms with Gasteiger partial charge in [0.2, 0.25) is 0 Å². The van der Waals surface area contributed by atoms with Gasteiger partial charge in [0, 0.05) is 19.2 Å². The van der Waals surface area contributed by atoms with Gasteiger partial charge in [-0.3, -0.25) is 4.90 Å². The lowest BCUT2D eigenvalue weighted by Crippen LogP contribution is -2.27. The van der Waals surface area contributed by atoms with Gasteiger partial charge in [0.1, 0.15) is 18.7 Å². The van der Waals surface area contributed by atoms with E-state index in [1.54, 1.807) is 23.1 Å². The van der Waals surface area contributed by atoms with Crippen molar-refractivity contribution in [2.45, 2.75) is 18.6 Å². The number of aromatic nitrogens is 1. The number of rotatable bonds is 5. The number of carbonyl (C=O) groups excluding carboxylic acids is 1. The van der Waals surface area contributed by atoms with Crippen molar-refractivity contribution in [3.63, 3.8) is 0 Å². The third-order valence-electron chi connectivity index (χ3n) is 4.45. The molecule has 138 valence electrons. The molecule has 8 nitrogen and oxygen atoms in total. The van der Waals surface area contributed by atoms with Crippen LogP contribution in [0.1, 0.15) is 6.42 Å². The maximum atomic E-state index is 14.5. The van der Waals surface area contributed by atoms with Crippen LogP contribution in [0.25, 0.3) is 0 Å². The second kappa shape index (κ2) is 6.83. The van der Waals surface area contributed by atoms with Crippen molar-refractivity contribution < 1.29 is 28.3 Å². The van der Waals surface area contributed by atoms with Gasteiger partial charge in [0.15, 0.2) is 6.10 Å². The highest BCUT2D eigenvalue weighted by atomic mass is 19.1. The number of hydrogen-bond acceptors (Lipinski definition) is 7. The van der Waals surface area contributed by atoms with Crippen LogP contribution >= 0.6 is 0 Å². The number of benzene rings is 1. The van der Waals surface area contributed by atoms with Crippen LogP contribution in [0.15, 0.2) is 35.1 Å². The summed E-state index contributed by atoms with van der Waals surface area (Å²) >= 11 is 0. The van der Waals surface area contributed by atoms with E-state index in [0.717, 1.165) is 0 Å². The number of hydrogen-bond donors (Lipinski definition) is 1. The van der Waals surface area contributed by atoms with Crippen LogP contribution in [0.5, 0.6) is 5.88 Å². The lowest BCUT2D eigenvalue weighted by atomic mass is 10.2. The molecule has 2 saturated heterocycles. The second-order valence-electron chi connectivity index (χ2n) is 6.29. The molecule has 9 heteroatoms. The minimum Gasteiger partial charge on any atom is -0.471 e. The number of amides is 1. The zero-order valence-electron chi connectivity index (χ0n) is 13.9. The van der Waals surface area contributed by atoms with Gasteiger partial charge in [0.05, 0.1) is 24.0 Å². The average Bonchev–Trinajstić information content (AvgIpc) is 3.34. The SMILES string of the molecule is O=C1O[C@@H](COc2ccon2)CN1c1ccc(N2CC[C@@H](O)C2)c(F)c1. The zero-order chi connectivity index (χ0) is 18.1. The lowest BCUT2D eigenvalue weighted by Gasteiger charge is -2.20. The van der Waals surface area contributed by atoms with Gasteiger partial charge in [-0.05, 0) is 29.8 Å². The summed E-state index contributed by atoms with van der Waals surface area (Å²) in [7, 11) is 0. The maximum absolute atomic E-state index is 14.5. The van der Waals surface area contributed by atoms with E-state index in [4.69, 9.17) is 9.47 Å². The molecule has 2 fully saturated rings. The van der Waals surface area contributed by atoms with Gasteiger partial charge in [-0.1, -0.05) is 0 Å². The number of ether oxygens (including phenoxy) is 2. The van der Waals surface area contributed by atoms with Crippen molar-refractivity contribution in [1.82, 2.24) is 5.16 Å². The second-order valence-corrected chi connectivity index (χ2v) is 6.29. The average molecular weight is 363 g/mol. The van der Waals surface area contributed by atoms with Crippen LogP contribution in [0.4, 0.5) is 20.6 Å². The number of anilines is 2. The first-order valence-electron chi connectivity index (χ1n) is 8.34. The fraction of sp³-hybridized carbons (Fsp3) is 0.412. The fourth-order valence-corrected chi connectivity index (χ4v) is 3.15. The smallest absolute Gasteiger partial charge is 0.414 e. The molecule has 1 aromatic carbocycles. The molecule has 0 saturated carbocycles. The molecule has 26 heavy (non-hydrogen) atoms. The molecule has 0 radical (unpaired) electrons. The predicted molar refractivity (Wildman–Crippen MR) is 88.8 cm³/mol. The summed E-state index contributed by atoms with van der Waals surface area (Å²) in [5, 5.41) is 13.2. The third-order valence-corrected chi connectivity index (χ3v) is 4.45. The first-order valence-corrected chi connectivity index (χ1v) is 8.34. The van der Waals surface area contributed by atoms with Crippen LogP contribution in [0.2, 0.25) is 0 Å². The van der Waals surface area contributed by atoms with E-state index in [1.165, 1.54) is 17.2 Å². The van der Waals surface area contributed by atoms with Crippen molar-refractivity contribution >= 4 is 17.5 Å². The number of cyclic esters (lactones) is 1. The normalized spacial score (nSPS) is 22.8. The van der Waals surface area contributed by atoms with E-state index in [9.17, 15) is 14.3 Å². The van der Waals surface area contributed by atoms with E-state index >= 15 is 0 Å². The molecule has 0 spiro atoms. The summed E-state index contributed by atoms with van der Waals surface area (Å²) in [5.41, 5.74) is 0.837. The molecule has 0 aliphatic carbocycles. The van der Waals surface area contributed by atoms with Crippen molar-refractivity contribution in [3.05, 3.63) is 36.3 Å². The minimum absolute atomic E-state index is 0.126. The number of halogens is 1. The molecular weight excluding hydrogens is 345 g/mol. The molecular formula is C17H18FN3O5. The molecule has 1 amide bonds. The van der Waals surface area contributed by atoms with Crippen molar-refractivity contribution in [2.75, 3.05) is 36.0 Å². The predicted octanol–water partition coefficient (Wildman–Crippen LogP) is 1.79. The van der Waals surface area contributed by atoms with Crippen LogP contribution in [0, 0.1) is 5.82 Å². The fourth-order valence-electron chi connectivity index (χ4n) is 3.15. The molecule has 0 bridgehead atoms. The summed E-state index contributed by atoms with van der Waals surface area (Å²) in [6.45, 7) is 1.38. The Morgan fingerprint density at radius 1 is 1.35 bits per heavy atom. The number of aliphatic hydroxyl groups is 1. The van der Waals surface area contributed by atoms with Crippen molar-refractivity contribution in [2.24, 2.45) is 0 Å². The molecule has 2 aromatic rings. The first kappa shape index (κ1) is 16.6. The summed E-state index contributed by atoms with van der Waals surface area (Å²) in [4.78, 5) is 15.2. The minimum atomic E-state index is -0.553. The number of aliphatic hydroxyl groups excluding tert-OH is 1. The Morgan fingerprint density at radius 2 is 2.23 bits per heavy atom. The molecule has 1 N–H and O–H groups in total. The Hall–Kier alpha value is -2.81. The Morgan fingerprint density at radius 3 is 2.92 bits per heavy atom. The Bertz CT molecular complexity index is 785. The van der Waals surface area contributed by atoms with E-state index in [1.807, 2.05) is 0 Å². The van der Waals surface area contributed by atoms with E-state index in [-0.39, 0.29) is 13.2 Å². The lowest BCUT2D eigenvalue weighted by molar-refractivity contribution is 0.102. The number of β-amino-alcohol motifs (C(OH)–C–C–N with tert-alkyl or cyclic N) is 1. The van der Waals surface area contributed by atoms with Gasteiger partial charge in [0.25, 0.3) is 5.88 Å². The standard InChI is InChI=1S/C17H18FN3O5/c18-14-7-11(1-2-15(14)20-5-3-12(22)8-20)21-9-13(26-17(21)23)10-24-16-4-6-25-19-16/h1-2,4,6-7,12-13,22H,3,5,8-10H2/t12-,13-/m1/s1. The third kappa shape index (κ3) is 3.30. The van der Waals surface area contributed by atoms with Gasteiger partial charge >= 0.3 is 6.09 Å². The van der Waals surface area contributed by atoms with Crippen LogP contribution in [-0.2, 0) is 4.74 Å². The molecule has 3 heterocycles. The van der Waals surface area contributed by atoms with Gasteiger partial charge in [-0.2, -0.15) is 0 Å². The van der Waals surface area contributed by atoms with Crippen molar-refractivity contribution in [3.8, 4) is 5.88 Å². The zero-order valence-corrected chi connectivity index (χ0v) is 13.9. The van der Waals surface area contributed by atoms with Gasteiger partial charge < -0.3 is 24.0 Å². The highest BCUT2D eigenvalue weighted by Gasteiger charge is 2.33. The first-order chi connectivity index (χ1) is 12.6. The quantitative estimate of drug-likeness (QED) is 0.866. The highest BCUT2D eigenvalue weighted by Crippen LogP contribution is 2.29. The highest BCUT2D eigenvalue weighted by molar-refractivity contribution is 5.90. The van der Waals surface area contributed by atoms with Crippen LogP contribution in [0.3, 0.4) is 0 Å². The Labute approximate surface area is 148 Å². The molecule has 0 unspecified atom stereocenters. The number of nitrogens with zero attached hydrogens (tertiary/aromatic N) is 3. The van der Waals surface area contributed by atoms with Crippen molar-refractivity contribution in [1.29, 1.82) is 0 Å². The topological polar surface area (TPSA) is 88.3 Å². The Kier molecular flexibility index (Phi) is 4.37. The maximum Gasteiger partial charge on any atom is 0.414 e. The summed E-state index contributed by atoms with van der Waals surface area (Å²) in [6, 6.07) is 6.15. The van der Waals surface area contributed by atoms with Crippen LogP contribution in [-0.4, -0.2) is 54.8 Å². The van der Waals surface area contributed by atoms with E-state index in [0.29, 0.717) is 36.8 Å². The molecule has 2 aliphatic rings. The monoisotopic (exact) mass is 363 g/mol. The molecule has 4 rings (SSSR count). The molecule has 2 aliphatic heterocycles. The largest absolute Gasteiger partial charge is 0.471 e. The molecule has 1 aromatic heterocycles. The van der Waals surface area contributed by atoms with E-state index in [2.05, 4.69) is 9.68 Å². The van der Waals surface area contributed by atoms with Gasteiger partial charge in [-0.25, -0.2) is 9.18 Å².